The van der Waals surface area contributed by atoms with Crippen molar-refractivity contribution in [2.75, 3.05) is 25.5 Å². The van der Waals surface area contributed by atoms with Gasteiger partial charge in [-0.2, -0.15) is 0 Å². The van der Waals surface area contributed by atoms with Gasteiger partial charge in [-0.3, -0.25) is 9.59 Å². The van der Waals surface area contributed by atoms with Crippen molar-refractivity contribution in [3.05, 3.63) is 56.7 Å². The average Bonchev–Trinajstić information content (AvgIpc) is 2.62. The zero-order valence-electron chi connectivity index (χ0n) is 14.0. The van der Waals surface area contributed by atoms with Crippen LogP contribution in [0.1, 0.15) is 0 Å². The highest BCUT2D eigenvalue weighted by molar-refractivity contribution is 6.42. The molecule has 0 bridgehead atoms. The smallest absolute Gasteiger partial charge is 0.406 e. The van der Waals surface area contributed by atoms with Gasteiger partial charge in [-0.05, 0) is 40.2 Å². The van der Waals surface area contributed by atoms with E-state index in [0.29, 0.717) is 10.7 Å². The molecule has 142 valence electrons. The number of nitro groups is 1. The fourth-order valence-electron chi connectivity index (χ4n) is 1.96. The Kier molecular flexibility index (Phi) is 6.91. The predicted octanol–water partition coefficient (Wildman–Crippen LogP) is 2.77. The number of anilines is 1. The summed E-state index contributed by atoms with van der Waals surface area (Å²) >= 11 is 11.7. The van der Waals surface area contributed by atoms with Crippen molar-refractivity contribution in [2.45, 2.75) is 0 Å². The summed E-state index contributed by atoms with van der Waals surface area (Å²) in [6.07, 6.45) is 1.24. The summed E-state index contributed by atoms with van der Waals surface area (Å²) in [6.45, 7) is -0.735. The van der Waals surface area contributed by atoms with E-state index in [1.165, 1.54) is 37.5 Å². The number of carbonyl (C=O) groups is 2. The van der Waals surface area contributed by atoms with Gasteiger partial charge in [0.15, 0.2) is 6.61 Å². The summed E-state index contributed by atoms with van der Waals surface area (Å²) in [7, 11) is 1.40. The van der Waals surface area contributed by atoms with E-state index in [1.54, 1.807) is 6.07 Å². The summed E-state index contributed by atoms with van der Waals surface area (Å²) in [5, 5.41) is 14.1. The molecule has 0 aliphatic heterocycles. The first-order chi connectivity index (χ1) is 12.8. The summed E-state index contributed by atoms with van der Waals surface area (Å²) in [6, 6.07) is 7.35. The van der Waals surface area contributed by atoms with Crippen molar-refractivity contribution in [1.29, 1.82) is 0 Å². The maximum absolute atomic E-state index is 12.1. The van der Waals surface area contributed by atoms with Crippen LogP contribution in [0.4, 0.5) is 11.5 Å². The molecule has 0 saturated heterocycles. The number of aromatic nitrogens is 1. The lowest BCUT2D eigenvalue weighted by Gasteiger charge is -2.17. The Morgan fingerprint density at radius 1 is 1.30 bits per heavy atom. The number of benzene rings is 1. The minimum Gasteiger partial charge on any atom is -0.476 e. The quantitative estimate of drug-likeness (QED) is 0.552. The van der Waals surface area contributed by atoms with E-state index in [9.17, 15) is 19.7 Å². The number of nitrogens with zero attached hydrogens (tertiary/aromatic N) is 3. The largest absolute Gasteiger partial charge is 0.476 e. The number of hydrogen-bond donors (Lipinski definition) is 1. The maximum atomic E-state index is 12.1. The molecule has 2 aromatic rings. The number of carbonyl (C=O) groups excluding carboxylic acids is 2. The van der Waals surface area contributed by atoms with E-state index in [1.807, 2.05) is 0 Å². The van der Waals surface area contributed by atoms with Crippen LogP contribution >= 0.6 is 23.2 Å². The molecule has 0 spiro atoms. The Bertz CT molecular complexity index is 878. The number of likely N-dealkylation sites (N-methyl/N-ethyl adjacent to an activating group) is 1. The molecule has 11 heteroatoms. The third-order valence-electron chi connectivity index (χ3n) is 3.28. The number of amides is 2. The lowest BCUT2D eigenvalue weighted by molar-refractivity contribution is -0.390. The molecule has 1 aromatic heterocycles. The second kappa shape index (κ2) is 9.15. The normalized spacial score (nSPS) is 10.2. The first kappa shape index (κ1) is 20.4. The Hall–Kier alpha value is -2.91. The second-order valence-corrected chi connectivity index (χ2v) is 6.11. The van der Waals surface area contributed by atoms with Crippen LogP contribution in [0.5, 0.6) is 5.75 Å². The van der Waals surface area contributed by atoms with Gasteiger partial charge < -0.3 is 25.1 Å². The molecule has 0 fully saturated rings. The van der Waals surface area contributed by atoms with Crippen molar-refractivity contribution < 1.29 is 19.2 Å². The number of nitrogens with one attached hydrogen (secondary N) is 1. The summed E-state index contributed by atoms with van der Waals surface area (Å²) in [5.74, 6) is -1.64. The fourth-order valence-corrected chi connectivity index (χ4v) is 2.26. The third-order valence-corrected chi connectivity index (χ3v) is 4.02. The lowest BCUT2D eigenvalue weighted by atomic mass is 10.3. The van der Waals surface area contributed by atoms with E-state index >= 15 is 0 Å². The predicted molar refractivity (Wildman–Crippen MR) is 99.1 cm³/mol. The number of ether oxygens (including phenoxy) is 1. The first-order valence-electron chi connectivity index (χ1n) is 7.49. The van der Waals surface area contributed by atoms with Crippen LogP contribution < -0.4 is 10.1 Å². The van der Waals surface area contributed by atoms with Crippen molar-refractivity contribution >= 4 is 46.5 Å². The van der Waals surface area contributed by atoms with Crippen LogP contribution in [0.2, 0.25) is 10.0 Å². The SMILES string of the molecule is CN(CC(=O)Nc1ccc(Cl)c(Cl)c1)C(=O)COc1cccnc1[N+](=O)[O-]. The van der Waals surface area contributed by atoms with Gasteiger partial charge in [0.25, 0.3) is 5.91 Å². The molecule has 2 rings (SSSR count). The molecule has 9 nitrogen and oxygen atoms in total. The highest BCUT2D eigenvalue weighted by Gasteiger charge is 2.19. The molecule has 0 aliphatic carbocycles. The minimum atomic E-state index is -0.714. The fraction of sp³-hybridized carbons (Fsp3) is 0.188. The first-order valence-corrected chi connectivity index (χ1v) is 8.24. The molecular formula is C16H14Cl2N4O5. The van der Waals surface area contributed by atoms with Crippen LogP contribution in [0.25, 0.3) is 0 Å². The van der Waals surface area contributed by atoms with Gasteiger partial charge in [-0.1, -0.05) is 23.2 Å². The standard InChI is InChI=1S/C16H14Cl2N4O5/c1-21(8-14(23)20-10-4-5-11(17)12(18)7-10)15(24)9-27-13-3-2-6-19-16(13)22(25)26/h2-7H,8-9H2,1H3,(H,20,23). The molecular weight excluding hydrogens is 399 g/mol. The Balaban J connectivity index is 1.89. The van der Waals surface area contributed by atoms with E-state index in [-0.39, 0.29) is 17.3 Å². The summed E-state index contributed by atoms with van der Waals surface area (Å²) in [4.78, 5) is 38.9. The van der Waals surface area contributed by atoms with Crippen molar-refractivity contribution in [1.82, 2.24) is 9.88 Å². The number of hydrogen-bond acceptors (Lipinski definition) is 6. The van der Waals surface area contributed by atoms with Gasteiger partial charge in [-0.25, -0.2) is 0 Å². The highest BCUT2D eigenvalue weighted by Crippen LogP contribution is 2.25. The Morgan fingerprint density at radius 2 is 2.04 bits per heavy atom. The average molecular weight is 413 g/mol. The van der Waals surface area contributed by atoms with Gasteiger partial charge in [0.2, 0.25) is 11.7 Å². The molecule has 0 atom stereocenters. The number of rotatable bonds is 7. The van der Waals surface area contributed by atoms with Crippen molar-refractivity contribution in [3.63, 3.8) is 0 Å². The molecule has 0 saturated carbocycles. The van der Waals surface area contributed by atoms with Gasteiger partial charge >= 0.3 is 5.82 Å². The van der Waals surface area contributed by atoms with Crippen LogP contribution in [-0.4, -0.2) is 46.8 Å². The van der Waals surface area contributed by atoms with Crippen molar-refractivity contribution in [2.24, 2.45) is 0 Å². The van der Waals surface area contributed by atoms with Gasteiger partial charge in [-0.15, -0.1) is 0 Å². The van der Waals surface area contributed by atoms with Crippen molar-refractivity contribution in [3.8, 4) is 5.75 Å². The van der Waals surface area contributed by atoms with E-state index in [0.717, 1.165) is 4.90 Å². The molecule has 27 heavy (non-hydrogen) atoms. The second-order valence-electron chi connectivity index (χ2n) is 5.30. The molecule has 1 heterocycles. The van der Waals surface area contributed by atoms with E-state index < -0.39 is 29.2 Å². The van der Waals surface area contributed by atoms with E-state index in [4.69, 9.17) is 27.9 Å². The van der Waals surface area contributed by atoms with Crippen LogP contribution in [0.3, 0.4) is 0 Å². The maximum Gasteiger partial charge on any atom is 0.406 e. The van der Waals surface area contributed by atoms with E-state index in [2.05, 4.69) is 10.3 Å². The van der Waals surface area contributed by atoms with Crippen LogP contribution in [0, 0.1) is 10.1 Å². The molecule has 1 N–H and O–H groups in total. The summed E-state index contributed by atoms with van der Waals surface area (Å²) in [5.41, 5.74) is 0.428. The van der Waals surface area contributed by atoms with Crippen LogP contribution in [0.15, 0.2) is 36.5 Å². The zero-order chi connectivity index (χ0) is 20.0. The minimum absolute atomic E-state index is 0.135. The van der Waals surface area contributed by atoms with Gasteiger partial charge in [0, 0.05) is 12.7 Å². The van der Waals surface area contributed by atoms with Gasteiger partial charge in [0.1, 0.15) is 6.20 Å². The Labute approximate surface area is 164 Å². The zero-order valence-corrected chi connectivity index (χ0v) is 15.5. The Morgan fingerprint density at radius 3 is 2.70 bits per heavy atom. The van der Waals surface area contributed by atoms with Crippen LogP contribution in [-0.2, 0) is 9.59 Å². The summed E-state index contributed by atoms with van der Waals surface area (Å²) < 4.78 is 5.15. The lowest BCUT2D eigenvalue weighted by Crippen LogP contribution is -2.37. The molecule has 0 aliphatic rings. The molecule has 2 amide bonds. The van der Waals surface area contributed by atoms with Gasteiger partial charge in [0.05, 0.1) is 16.6 Å². The number of halogens is 2. The number of pyridine rings is 1. The molecule has 0 unspecified atom stereocenters. The monoisotopic (exact) mass is 412 g/mol. The third kappa shape index (κ3) is 5.80. The molecule has 0 radical (unpaired) electrons. The molecule has 1 aromatic carbocycles. The topological polar surface area (TPSA) is 115 Å². The highest BCUT2D eigenvalue weighted by atomic mass is 35.5.